The monoisotopic (exact) mass is 340 g/mol. The van der Waals surface area contributed by atoms with Crippen molar-refractivity contribution in [3.63, 3.8) is 0 Å². The zero-order valence-electron chi connectivity index (χ0n) is 12.8. The average molecular weight is 340 g/mol. The van der Waals surface area contributed by atoms with Crippen molar-refractivity contribution in [3.05, 3.63) is 0 Å². The molecule has 10 nitrogen and oxygen atoms in total. The van der Waals surface area contributed by atoms with E-state index >= 15 is 0 Å². The molecule has 0 unspecified atom stereocenters. The van der Waals surface area contributed by atoms with Crippen molar-refractivity contribution in [2.24, 2.45) is 0 Å². The number of hydrogen-bond acceptors (Lipinski definition) is 10. The van der Waals surface area contributed by atoms with Crippen LogP contribution in [0, 0.1) is 0 Å². The third-order valence-electron chi connectivity index (χ3n) is 4.13. The Morgan fingerprint density at radius 1 is 0.739 bits per heavy atom. The fraction of sp³-hybridized carbons (Fsp3) is 1.00. The summed E-state index contributed by atoms with van der Waals surface area (Å²) >= 11 is 0. The van der Waals surface area contributed by atoms with Gasteiger partial charge in [-0.2, -0.15) is 0 Å². The number of methoxy groups -OCH3 is 1. The van der Waals surface area contributed by atoms with E-state index in [0.717, 1.165) is 0 Å². The topological polar surface area (TPSA) is 158 Å². The van der Waals surface area contributed by atoms with E-state index in [-0.39, 0.29) is 6.61 Å². The van der Waals surface area contributed by atoms with Gasteiger partial charge in [-0.25, -0.2) is 0 Å². The summed E-state index contributed by atoms with van der Waals surface area (Å²) in [6, 6.07) is 0. The van der Waals surface area contributed by atoms with Crippen molar-refractivity contribution in [1.82, 2.24) is 0 Å². The van der Waals surface area contributed by atoms with E-state index < -0.39 is 61.4 Å². The molecule has 23 heavy (non-hydrogen) atoms. The largest absolute Gasteiger partial charge is 0.388 e. The highest BCUT2D eigenvalue weighted by molar-refractivity contribution is 4.90. The van der Waals surface area contributed by atoms with Crippen LogP contribution in [0.15, 0.2) is 0 Å². The van der Waals surface area contributed by atoms with Crippen LogP contribution in [0.2, 0.25) is 0 Å². The molecule has 2 saturated heterocycles. The summed E-state index contributed by atoms with van der Waals surface area (Å²) in [4.78, 5) is 0. The lowest BCUT2D eigenvalue weighted by Crippen LogP contribution is -2.61. The molecule has 2 aliphatic rings. The normalized spacial score (nSPS) is 51.7. The minimum atomic E-state index is -1.49. The second-order valence-electron chi connectivity index (χ2n) is 5.77. The Hall–Kier alpha value is -0.400. The van der Waals surface area contributed by atoms with E-state index in [9.17, 15) is 30.6 Å². The minimum absolute atomic E-state index is 0.304. The average Bonchev–Trinajstić information content (AvgIpc) is 2.54. The molecule has 0 bridgehead atoms. The molecule has 2 fully saturated rings. The molecule has 10 heteroatoms. The number of aliphatic hydroxyl groups is 6. The van der Waals surface area contributed by atoms with Crippen molar-refractivity contribution < 1.29 is 49.6 Å². The Labute approximate surface area is 132 Å². The first-order chi connectivity index (χ1) is 10.8. The predicted molar refractivity (Wildman–Crippen MR) is 72.0 cm³/mol. The Morgan fingerprint density at radius 2 is 1.30 bits per heavy atom. The lowest BCUT2D eigenvalue weighted by atomic mass is 9.99. The van der Waals surface area contributed by atoms with Crippen LogP contribution in [0.3, 0.4) is 0 Å². The van der Waals surface area contributed by atoms with Gasteiger partial charge < -0.3 is 49.6 Å². The first-order valence-corrected chi connectivity index (χ1v) is 7.31. The highest BCUT2D eigenvalue weighted by atomic mass is 16.7. The van der Waals surface area contributed by atoms with Gasteiger partial charge in [0.05, 0.1) is 12.7 Å². The van der Waals surface area contributed by atoms with E-state index in [4.69, 9.17) is 18.9 Å². The molecule has 0 aromatic heterocycles. The Balaban J connectivity index is 1.94. The highest BCUT2D eigenvalue weighted by Crippen LogP contribution is 2.25. The van der Waals surface area contributed by atoms with E-state index in [0.29, 0.717) is 0 Å². The maximum absolute atomic E-state index is 9.90. The van der Waals surface area contributed by atoms with Crippen LogP contribution in [0.5, 0.6) is 0 Å². The third kappa shape index (κ3) is 3.82. The van der Waals surface area contributed by atoms with E-state index in [1.165, 1.54) is 14.0 Å². The smallest absolute Gasteiger partial charge is 0.186 e. The molecule has 2 heterocycles. The van der Waals surface area contributed by atoms with Crippen LogP contribution in [0.1, 0.15) is 6.92 Å². The standard InChI is InChI=1S/C13H24O10/c1-4-6(14)8(16)11(19)13(22-4)21-3-5-7(15)9(17)10(18)12(20-2)23-5/h4-19H,3H2,1-2H3/t4-,5+,6+,7-,8+,9-,10+,11-,12-,13-/m0/s1. The molecule has 0 spiro atoms. The van der Waals surface area contributed by atoms with Gasteiger partial charge in [-0.15, -0.1) is 0 Å². The van der Waals surface area contributed by atoms with Crippen LogP contribution >= 0.6 is 0 Å². The molecule has 6 N–H and O–H groups in total. The summed E-state index contributed by atoms with van der Waals surface area (Å²) in [5.41, 5.74) is 0. The van der Waals surface area contributed by atoms with Gasteiger partial charge in [0.25, 0.3) is 0 Å². The minimum Gasteiger partial charge on any atom is -0.388 e. The van der Waals surface area contributed by atoms with Gasteiger partial charge in [0.1, 0.15) is 42.7 Å². The van der Waals surface area contributed by atoms with Crippen molar-refractivity contribution >= 4 is 0 Å². The second-order valence-corrected chi connectivity index (χ2v) is 5.77. The quantitative estimate of drug-likeness (QED) is 0.300. The summed E-state index contributed by atoms with van der Waals surface area (Å²) in [6.45, 7) is 1.20. The maximum atomic E-state index is 9.90. The van der Waals surface area contributed by atoms with Crippen LogP contribution in [0.25, 0.3) is 0 Å². The van der Waals surface area contributed by atoms with E-state index in [1.807, 2.05) is 0 Å². The van der Waals surface area contributed by atoms with Crippen molar-refractivity contribution in [2.45, 2.75) is 68.3 Å². The SMILES string of the molecule is CO[C@H]1O[C@H](CO[C@H]2O[C@@H](C)[C@@H](O)[C@@H](O)[C@@H]2O)[C@H](O)[C@H](O)[C@H]1O. The summed E-state index contributed by atoms with van der Waals surface area (Å²) in [6.07, 6.45) is -12.7. The Kier molecular flexibility index (Phi) is 6.30. The van der Waals surface area contributed by atoms with Crippen LogP contribution < -0.4 is 0 Å². The van der Waals surface area contributed by atoms with Gasteiger partial charge in [-0.3, -0.25) is 0 Å². The van der Waals surface area contributed by atoms with E-state index in [1.54, 1.807) is 0 Å². The number of ether oxygens (including phenoxy) is 4. The van der Waals surface area contributed by atoms with Gasteiger partial charge in [-0.05, 0) is 6.92 Å². The molecule has 0 saturated carbocycles. The maximum Gasteiger partial charge on any atom is 0.186 e. The molecule has 10 atom stereocenters. The van der Waals surface area contributed by atoms with Crippen molar-refractivity contribution in [2.75, 3.05) is 13.7 Å². The van der Waals surface area contributed by atoms with Crippen molar-refractivity contribution in [3.8, 4) is 0 Å². The molecule has 2 rings (SSSR count). The second kappa shape index (κ2) is 7.66. The number of rotatable bonds is 4. The first kappa shape index (κ1) is 18.9. The fourth-order valence-corrected chi connectivity index (χ4v) is 2.59. The van der Waals surface area contributed by atoms with Crippen LogP contribution in [0.4, 0.5) is 0 Å². The highest BCUT2D eigenvalue weighted by Gasteiger charge is 2.46. The lowest BCUT2D eigenvalue weighted by molar-refractivity contribution is -0.325. The molecule has 0 aliphatic carbocycles. The zero-order chi connectivity index (χ0) is 17.3. The van der Waals surface area contributed by atoms with Gasteiger partial charge in [0.2, 0.25) is 0 Å². The summed E-state index contributed by atoms with van der Waals surface area (Å²) in [5.74, 6) is 0. The number of hydrogen-bond donors (Lipinski definition) is 6. The zero-order valence-corrected chi connectivity index (χ0v) is 12.8. The predicted octanol–water partition coefficient (Wildman–Crippen LogP) is -3.72. The van der Waals surface area contributed by atoms with Crippen LogP contribution in [-0.2, 0) is 18.9 Å². The Morgan fingerprint density at radius 3 is 1.91 bits per heavy atom. The van der Waals surface area contributed by atoms with E-state index in [2.05, 4.69) is 0 Å². The molecule has 136 valence electrons. The molecule has 0 aromatic carbocycles. The van der Waals surface area contributed by atoms with Gasteiger partial charge >= 0.3 is 0 Å². The summed E-state index contributed by atoms with van der Waals surface area (Å²) in [5, 5.41) is 58.4. The fourth-order valence-electron chi connectivity index (χ4n) is 2.59. The lowest BCUT2D eigenvalue weighted by Gasteiger charge is -2.42. The van der Waals surface area contributed by atoms with Gasteiger partial charge in [-0.1, -0.05) is 0 Å². The third-order valence-corrected chi connectivity index (χ3v) is 4.13. The molecule has 0 amide bonds. The van der Waals surface area contributed by atoms with Gasteiger partial charge in [0, 0.05) is 7.11 Å². The molecular weight excluding hydrogens is 316 g/mol. The van der Waals surface area contributed by atoms with Crippen LogP contribution in [-0.4, -0.2) is 106 Å². The summed E-state index contributed by atoms with van der Waals surface area (Å²) in [7, 11) is 1.27. The Bertz CT molecular complexity index is 380. The molecule has 0 radical (unpaired) electrons. The van der Waals surface area contributed by atoms with Crippen molar-refractivity contribution in [1.29, 1.82) is 0 Å². The number of aliphatic hydroxyl groups excluding tert-OH is 6. The molecular formula is C13H24O10. The summed E-state index contributed by atoms with van der Waals surface area (Å²) < 4.78 is 20.7. The van der Waals surface area contributed by atoms with Gasteiger partial charge in [0.15, 0.2) is 12.6 Å². The molecule has 0 aromatic rings. The molecule has 2 aliphatic heterocycles. The first-order valence-electron chi connectivity index (χ1n) is 7.31.